The molecule has 37 heavy (non-hydrogen) atoms. The average Bonchev–Trinajstić information content (AvgIpc) is 2.75. The number of carbonyl (C=O) groups excluding carboxylic acids is 4. The second kappa shape index (κ2) is 13.4. The molecule has 2 unspecified atom stereocenters. The summed E-state index contributed by atoms with van der Waals surface area (Å²) in [5.74, 6) is -1.61. The molecule has 0 aromatic heterocycles. The van der Waals surface area contributed by atoms with E-state index in [0.29, 0.717) is 5.56 Å². The Kier molecular flexibility index (Phi) is 11.6. The second-order valence-corrected chi connectivity index (χ2v) is 10.8. The number of ether oxygens (including phenoxy) is 2. The van der Waals surface area contributed by atoms with Crippen LogP contribution in [0.15, 0.2) is 18.2 Å². The first-order chi connectivity index (χ1) is 17.0. The molecule has 3 N–H and O–H groups in total. The summed E-state index contributed by atoms with van der Waals surface area (Å²) in [7, 11) is 0. The molecule has 0 aliphatic rings. The zero-order valence-corrected chi connectivity index (χ0v) is 23.6. The lowest BCUT2D eigenvalue weighted by atomic mass is 9.91. The number of alkyl carbamates (subject to hydrolysis) is 1. The van der Waals surface area contributed by atoms with Crippen molar-refractivity contribution in [2.75, 3.05) is 19.8 Å². The van der Waals surface area contributed by atoms with Gasteiger partial charge in [0.05, 0.1) is 19.6 Å². The lowest BCUT2D eigenvalue weighted by Crippen LogP contribution is -2.59. The van der Waals surface area contributed by atoms with Gasteiger partial charge in [-0.1, -0.05) is 18.2 Å². The highest BCUT2D eigenvalue weighted by molar-refractivity contribution is 5.93. The zero-order valence-electron chi connectivity index (χ0n) is 23.6. The molecule has 0 fully saturated rings. The van der Waals surface area contributed by atoms with E-state index in [4.69, 9.17) is 9.47 Å². The third-order valence-corrected chi connectivity index (χ3v) is 5.51. The van der Waals surface area contributed by atoms with Crippen LogP contribution < -0.4 is 10.6 Å². The lowest BCUT2D eigenvalue weighted by molar-refractivity contribution is -0.149. The van der Waals surface area contributed by atoms with Crippen LogP contribution in [0.4, 0.5) is 4.79 Å². The molecule has 1 aromatic rings. The quantitative estimate of drug-likeness (QED) is 0.403. The Balaban J connectivity index is 3.47. The van der Waals surface area contributed by atoms with Gasteiger partial charge in [-0.25, -0.2) is 4.79 Å². The van der Waals surface area contributed by atoms with E-state index in [2.05, 4.69) is 10.6 Å². The van der Waals surface area contributed by atoms with E-state index >= 15 is 0 Å². The molecule has 0 radical (unpaired) electrons. The number of aliphatic hydroxyl groups excluding tert-OH is 1. The predicted molar refractivity (Wildman–Crippen MR) is 140 cm³/mol. The number of hydrogen-bond donors (Lipinski definition) is 3. The molecule has 208 valence electrons. The fraction of sp³-hybridized carbons (Fsp3) is 0.630. The van der Waals surface area contributed by atoms with Crippen LogP contribution in [0.25, 0.3) is 0 Å². The number of carbonyl (C=O) groups is 4. The summed E-state index contributed by atoms with van der Waals surface area (Å²) < 4.78 is 10.2. The second-order valence-electron chi connectivity index (χ2n) is 10.8. The van der Waals surface area contributed by atoms with Gasteiger partial charge in [0.25, 0.3) is 0 Å². The Morgan fingerprint density at radius 1 is 1.05 bits per heavy atom. The minimum Gasteiger partial charge on any atom is -0.466 e. The van der Waals surface area contributed by atoms with Crippen molar-refractivity contribution in [3.63, 3.8) is 0 Å². The molecule has 1 aromatic carbocycles. The van der Waals surface area contributed by atoms with Crippen LogP contribution in [-0.4, -0.2) is 70.8 Å². The van der Waals surface area contributed by atoms with Crippen molar-refractivity contribution in [1.29, 1.82) is 0 Å². The number of nitrogens with one attached hydrogen (secondary N) is 2. The minimum atomic E-state index is -1.35. The highest BCUT2D eigenvalue weighted by atomic mass is 16.6. The van der Waals surface area contributed by atoms with Crippen LogP contribution in [0.1, 0.15) is 77.6 Å². The monoisotopic (exact) mass is 521 g/mol. The van der Waals surface area contributed by atoms with Crippen molar-refractivity contribution >= 4 is 23.9 Å². The van der Waals surface area contributed by atoms with E-state index in [1.54, 1.807) is 60.6 Å². The summed E-state index contributed by atoms with van der Waals surface area (Å²) in [5, 5.41) is 15.2. The van der Waals surface area contributed by atoms with Gasteiger partial charge in [0.2, 0.25) is 11.8 Å². The average molecular weight is 522 g/mol. The highest BCUT2D eigenvalue weighted by Gasteiger charge is 2.42. The third-order valence-electron chi connectivity index (χ3n) is 5.51. The first-order valence-electron chi connectivity index (χ1n) is 12.5. The van der Waals surface area contributed by atoms with Crippen LogP contribution in [0.3, 0.4) is 0 Å². The maximum Gasteiger partial charge on any atom is 0.408 e. The smallest absolute Gasteiger partial charge is 0.408 e. The summed E-state index contributed by atoms with van der Waals surface area (Å²) in [6.07, 6.45) is -0.891. The Morgan fingerprint density at radius 2 is 1.68 bits per heavy atom. The first kappa shape index (κ1) is 31.9. The zero-order chi connectivity index (χ0) is 28.6. The van der Waals surface area contributed by atoms with E-state index < -0.39 is 53.7 Å². The first-order valence-corrected chi connectivity index (χ1v) is 12.5. The minimum absolute atomic E-state index is 0.0186. The number of aryl methyl sites for hydroxylation is 1. The van der Waals surface area contributed by atoms with Crippen LogP contribution in [0.5, 0.6) is 0 Å². The van der Waals surface area contributed by atoms with Gasteiger partial charge < -0.3 is 30.1 Å². The van der Waals surface area contributed by atoms with Crippen molar-refractivity contribution in [1.82, 2.24) is 15.5 Å². The van der Waals surface area contributed by atoms with Crippen LogP contribution >= 0.6 is 0 Å². The van der Waals surface area contributed by atoms with E-state index in [-0.39, 0.29) is 19.6 Å². The Labute approximate surface area is 220 Å². The van der Waals surface area contributed by atoms with E-state index in [9.17, 15) is 24.3 Å². The van der Waals surface area contributed by atoms with Gasteiger partial charge in [-0.2, -0.15) is 0 Å². The van der Waals surface area contributed by atoms with Gasteiger partial charge >= 0.3 is 12.1 Å². The molecule has 0 bridgehead atoms. The molecule has 1 rings (SSSR count). The molecule has 0 saturated heterocycles. The van der Waals surface area contributed by atoms with Gasteiger partial charge in [-0.3, -0.25) is 14.4 Å². The fourth-order valence-corrected chi connectivity index (χ4v) is 3.73. The summed E-state index contributed by atoms with van der Waals surface area (Å²) in [5.41, 5.74) is 0.617. The lowest BCUT2D eigenvalue weighted by Gasteiger charge is -2.43. The third kappa shape index (κ3) is 9.68. The SMILES string of the molecule is CCOC(=O)CCNC(=O)C(c1cccc(C)c1C)N(C(=O)C(CO)NC(=O)OC(C)(C)C)C(C)(C)C. The fourth-order valence-electron chi connectivity index (χ4n) is 3.73. The van der Waals surface area contributed by atoms with E-state index in [0.717, 1.165) is 11.1 Å². The number of hydrogen-bond acceptors (Lipinski definition) is 7. The largest absolute Gasteiger partial charge is 0.466 e. The molecule has 10 heteroatoms. The molecule has 0 saturated carbocycles. The molecule has 2 atom stereocenters. The topological polar surface area (TPSA) is 134 Å². The number of rotatable bonds is 10. The molecule has 0 aliphatic carbocycles. The number of nitrogens with zero attached hydrogens (tertiary/aromatic N) is 1. The summed E-state index contributed by atoms with van der Waals surface area (Å²) in [6.45, 7) is 15.3. The van der Waals surface area contributed by atoms with Crippen molar-refractivity contribution in [2.24, 2.45) is 0 Å². The van der Waals surface area contributed by atoms with Crippen molar-refractivity contribution in [2.45, 2.75) is 92.0 Å². The van der Waals surface area contributed by atoms with Crippen molar-refractivity contribution in [3.05, 3.63) is 34.9 Å². The van der Waals surface area contributed by atoms with E-state index in [1.807, 2.05) is 19.9 Å². The van der Waals surface area contributed by atoms with Crippen LogP contribution in [0.2, 0.25) is 0 Å². The van der Waals surface area contributed by atoms with Crippen LogP contribution in [-0.2, 0) is 23.9 Å². The molecular weight excluding hydrogens is 478 g/mol. The summed E-state index contributed by atoms with van der Waals surface area (Å²) >= 11 is 0. The van der Waals surface area contributed by atoms with Gasteiger partial charge in [0, 0.05) is 12.1 Å². The maximum atomic E-state index is 13.8. The molecular formula is C27H43N3O7. The van der Waals surface area contributed by atoms with Crippen molar-refractivity contribution in [3.8, 4) is 0 Å². The van der Waals surface area contributed by atoms with Gasteiger partial charge in [0.1, 0.15) is 17.7 Å². The summed E-state index contributed by atoms with van der Waals surface area (Å²) in [4.78, 5) is 53.0. The highest BCUT2D eigenvalue weighted by Crippen LogP contribution is 2.32. The standard InChI is InChI=1S/C27H43N3O7/c1-10-36-21(32)14-15-28-23(33)22(19-13-11-12-17(2)18(19)3)30(26(4,5)6)24(34)20(16-31)29-25(35)37-27(7,8)9/h11-13,20,22,31H,10,14-16H2,1-9H3,(H,28,33)(H,29,35). The molecule has 3 amide bonds. The maximum absolute atomic E-state index is 13.8. The Morgan fingerprint density at radius 3 is 2.19 bits per heavy atom. The molecule has 0 heterocycles. The van der Waals surface area contributed by atoms with Gasteiger partial charge in [-0.15, -0.1) is 0 Å². The number of esters is 1. The van der Waals surface area contributed by atoms with Crippen LogP contribution in [0, 0.1) is 13.8 Å². The Bertz CT molecular complexity index is 964. The van der Waals surface area contributed by atoms with Gasteiger partial charge in [0.15, 0.2) is 0 Å². The predicted octanol–water partition coefficient (Wildman–Crippen LogP) is 2.93. The number of benzene rings is 1. The van der Waals surface area contributed by atoms with Gasteiger partial charge in [-0.05, 0) is 79.0 Å². The number of amides is 3. The summed E-state index contributed by atoms with van der Waals surface area (Å²) in [6, 6.07) is 3.00. The number of aliphatic hydroxyl groups is 1. The molecule has 0 spiro atoms. The van der Waals surface area contributed by atoms with E-state index in [1.165, 1.54) is 4.90 Å². The molecule has 10 nitrogen and oxygen atoms in total. The Hall–Kier alpha value is -3.14. The normalized spacial score (nSPS) is 13.2. The van der Waals surface area contributed by atoms with Crippen molar-refractivity contribution < 1.29 is 33.8 Å². The molecule has 0 aliphatic heterocycles.